The minimum absolute atomic E-state index is 0.243. The Bertz CT molecular complexity index is 1050. The van der Waals surface area contributed by atoms with Crippen LogP contribution < -0.4 is 10.1 Å². The second-order valence-electron chi connectivity index (χ2n) is 5.68. The van der Waals surface area contributed by atoms with Crippen molar-refractivity contribution in [3.05, 3.63) is 72.6 Å². The van der Waals surface area contributed by atoms with Gasteiger partial charge in [-0.3, -0.25) is 9.38 Å². The summed E-state index contributed by atoms with van der Waals surface area (Å²) in [5.74, 6) is 0.657. The molecule has 6 nitrogen and oxygen atoms in total. The first-order chi connectivity index (χ1) is 12.8. The molecular weight excluding hydrogens is 333 g/mol. The van der Waals surface area contributed by atoms with Crippen LogP contribution in [0.1, 0.15) is 5.56 Å². The van der Waals surface area contributed by atoms with Crippen LogP contribution in [-0.2, 0) is 6.54 Å². The number of anilines is 1. The van der Waals surface area contributed by atoms with E-state index >= 15 is 0 Å². The number of hydrogen-bond acceptors (Lipinski definition) is 5. The van der Waals surface area contributed by atoms with Crippen LogP contribution in [0.4, 0.5) is 10.2 Å². The van der Waals surface area contributed by atoms with Gasteiger partial charge in [0.25, 0.3) is 0 Å². The summed E-state index contributed by atoms with van der Waals surface area (Å²) in [6.07, 6.45) is 5.15. The van der Waals surface area contributed by atoms with Crippen molar-refractivity contribution in [3.63, 3.8) is 0 Å². The standard InChI is InChI=1S/C19H16FN5O/c1-26-18-14(4-2-6-16(18)20)11-22-17-8-7-15(13-5-3-9-21-10-13)19-24-23-12-25(17)19/h2-10,12,22H,11H2,1H3. The number of nitrogens with one attached hydrogen (secondary N) is 1. The Morgan fingerprint density at radius 3 is 2.88 bits per heavy atom. The van der Waals surface area contributed by atoms with E-state index in [1.54, 1.807) is 24.8 Å². The van der Waals surface area contributed by atoms with Gasteiger partial charge in [-0.2, -0.15) is 0 Å². The highest BCUT2D eigenvalue weighted by atomic mass is 19.1. The summed E-state index contributed by atoms with van der Waals surface area (Å²) < 4.78 is 20.9. The van der Waals surface area contributed by atoms with Crippen LogP contribution in [0.5, 0.6) is 5.75 Å². The molecule has 0 amide bonds. The number of pyridine rings is 2. The molecule has 0 saturated heterocycles. The molecule has 0 fully saturated rings. The van der Waals surface area contributed by atoms with Gasteiger partial charge in [0.2, 0.25) is 0 Å². The number of ether oxygens (including phenoxy) is 1. The summed E-state index contributed by atoms with van der Waals surface area (Å²) in [6, 6.07) is 12.6. The topological polar surface area (TPSA) is 64.3 Å². The molecule has 0 saturated carbocycles. The van der Waals surface area contributed by atoms with Crippen LogP contribution in [0, 0.1) is 5.82 Å². The lowest BCUT2D eigenvalue weighted by atomic mass is 10.1. The molecule has 26 heavy (non-hydrogen) atoms. The Balaban J connectivity index is 1.67. The van der Waals surface area contributed by atoms with Crippen LogP contribution >= 0.6 is 0 Å². The largest absolute Gasteiger partial charge is 0.493 e. The summed E-state index contributed by atoms with van der Waals surface area (Å²) in [6.45, 7) is 0.403. The predicted octanol–water partition coefficient (Wildman–Crippen LogP) is 3.55. The van der Waals surface area contributed by atoms with Gasteiger partial charge < -0.3 is 10.1 Å². The summed E-state index contributed by atoms with van der Waals surface area (Å²) in [4.78, 5) is 4.16. The van der Waals surface area contributed by atoms with Crippen LogP contribution in [-0.4, -0.2) is 26.7 Å². The lowest BCUT2D eigenvalue weighted by Gasteiger charge is -2.13. The van der Waals surface area contributed by atoms with Crippen LogP contribution in [0.15, 0.2) is 61.2 Å². The van der Waals surface area contributed by atoms with Crippen LogP contribution in [0.2, 0.25) is 0 Å². The normalized spacial score (nSPS) is 10.8. The molecule has 0 aliphatic rings. The molecular formula is C19H16FN5O. The number of rotatable bonds is 5. The zero-order valence-corrected chi connectivity index (χ0v) is 14.1. The average Bonchev–Trinajstić information content (AvgIpc) is 3.17. The average molecular weight is 349 g/mol. The second-order valence-corrected chi connectivity index (χ2v) is 5.68. The van der Waals surface area contributed by atoms with E-state index in [4.69, 9.17) is 4.74 Å². The fraction of sp³-hybridized carbons (Fsp3) is 0.105. The second kappa shape index (κ2) is 6.79. The van der Waals surface area contributed by atoms with Crippen molar-refractivity contribution >= 4 is 11.5 Å². The van der Waals surface area contributed by atoms with E-state index in [1.165, 1.54) is 13.2 Å². The van der Waals surface area contributed by atoms with Crippen molar-refractivity contribution in [2.24, 2.45) is 0 Å². The van der Waals surface area contributed by atoms with Gasteiger partial charge >= 0.3 is 0 Å². The highest BCUT2D eigenvalue weighted by Crippen LogP contribution is 2.27. The molecule has 0 atom stereocenters. The molecule has 0 spiro atoms. The highest BCUT2D eigenvalue weighted by molar-refractivity contribution is 5.78. The van der Waals surface area contributed by atoms with Crippen molar-refractivity contribution in [2.75, 3.05) is 12.4 Å². The van der Waals surface area contributed by atoms with Gasteiger partial charge in [0, 0.05) is 35.6 Å². The molecule has 3 heterocycles. The first-order valence-electron chi connectivity index (χ1n) is 8.06. The van der Waals surface area contributed by atoms with E-state index in [-0.39, 0.29) is 11.6 Å². The molecule has 4 rings (SSSR count). The third-order valence-corrected chi connectivity index (χ3v) is 4.14. The van der Waals surface area contributed by atoms with Crippen molar-refractivity contribution in [3.8, 4) is 16.9 Å². The van der Waals surface area contributed by atoms with Gasteiger partial charge in [-0.05, 0) is 24.3 Å². The SMILES string of the molecule is COc1c(F)cccc1CNc1ccc(-c2cccnc2)c2nncn12. The smallest absolute Gasteiger partial charge is 0.170 e. The maximum atomic E-state index is 13.8. The number of hydrogen-bond donors (Lipinski definition) is 1. The zero-order chi connectivity index (χ0) is 17.9. The van der Waals surface area contributed by atoms with E-state index in [0.717, 1.165) is 22.5 Å². The van der Waals surface area contributed by atoms with Gasteiger partial charge in [-0.25, -0.2) is 4.39 Å². The quantitative estimate of drug-likeness (QED) is 0.597. The number of benzene rings is 1. The third-order valence-electron chi connectivity index (χ3n) is 4.14. The van der Waals surface area contributed by atoms with Gasteiger partial charge in [-0.15, -0.1) is 10.2 Å². The highest BCUT2D eigenvalue weighted by Gasteiger charge is 2.12. The summed E-state index contributed by atoms with van der Waals surface area (Å²) in [5, 5.41) is 11.5. The van der Waals surface area contributed by atoms with Crippen molar-refractivity contribution in [2.45, 2.75) is 6.54 Å². The van der Waals surface area contributed by atoms with Crippen molar-refractivity contribution in [1.82, 2.24) is 19.6 Å². The Labute approximate surface area is 149 Å². The molecule has 0 bridgehead atoms. The fourth-order valence-corrected chi connectivity index (χ4v) is 2.91. The Kier molecular flexibility index (Phi) is 4.18. The maximum Gasteiger partial charge on any atom is 0.170 e. The van der Waals surface area contributed by atoms with Gasteiger partial charge in [0.1, 0.15) is 12.1 Å². The number of fused-ring (bicyclic) bond motifs is 1. The van der Waals surface area contributed by atoms with E-state index in [9.17, 15) is 4.39 Å². The van der Waals surface area contributed by atoms with Crippen LogP contribution in [0.3, 0.4) is 0 Å². The summed E-state index contributed by atoms with van der Waals surface area (Å²) in [7, 11) is 1.46. The third kappa shape index (κ3) is 2.83. The number of methoxy groups -OCH3 is 1. The monoisotopic (exact) mass is 349 g/mol. The molecule has 3 aromatic heterocycles. The Hall–Kier alpha value is -3.48. The summed E-state index contributed by atoms with van der Waals surface area (Å²) >= 11 is 0. The first-order valence-corrected chi connectivity index (χ1v) is 8.06. The minimum atomic E-state index is -0.381. The Morgan fingerprint density at radius 2 is 2.08 bits per heavy atom. The van der Waals surface area contributed by atoms with Crippen molar-refractivity contribution < 1.29 is 9.13 Å². The van der Waals surface area contributed by atoms with E-state index in [2.05, 4.69) is 20.5 Å². The molecule has 7 heteroatoms. The minimum Gasteiger partial charge on any atom is -0.493 e. The zero-order valence-electron chi connectivity index (χ0n) is 14.1. The number of halogens is 1. The maximum absolute atomic E-state index is 13.8. The Morgan fingerprint density at radius 1 is 1.15 bits per heavy atom. The molecule has 0 unspecified atom stereocenters. The van der Waals surface area contributed by atoms with E-state index < -0.39 is 0 Å². The first kappa shape index (κ1) is 16.0. The predicted molar refractivity (Wildman–Crippen MR) is 96.5 cm³/mol. The molecule has 130 valence electrons. The van der Waals surface area contributed by atoms with Crippen LogP contribution in [0.25, 0.3) is 16.8 Å². The van der Waals surface area contributed by atoms with Crippen molar-refractivity contribution in [1.29, 1.82) is 0 Å². The molecule has 1 aromatic carbocycles. The lowest BCUT2D eigenvalue weighted by molar-refractivity contribution is 0.382. The van der Waals surface area contributed by atoms with Gasteiger partial charge in [0.15, 0.2) is 17.2 Å². The van der Waals surface area contributed by atoms with Gasteiger partial charge in [0.05, 0.1) is 7.11 Å². The van der Waals surface area contributed by atoms with Gasteiger partial charge in [-0.1, -0.05) is 18.2 Å². The summed E-state index contributed by atoms with van der Waals surface area (Å²) in [5.41, 5.74) is 3.34. The number of nitrogens with zero attached hydrogens (tertiary/aromatic N) is 4. The number of para-hydroxylation sites is 1. The fourth-order valence-electron chi connectivity index (χ4n) is 2.91. The molecule has 0 radical (unpaired) electrons. The molecule has 1 N–H and O–H groups in total. The molecule has 4 aromatic rings. The lowest BCUT2D eigenvalue weighted by Crippen LogP contribution is -2.06. The molecule has 0 aliphatic carbocycles. The van der Waals surface area contributed by atoms with E-state index in [0.29, 0.717) is 12.2 Å². The molecule has 0 aliphatic heterocycles. The van der Waals surface area contributed by atoms with E-state index in [1.807, 2.05) is 34.7 Å². The number of aromatic nitrogens is 4.